The van der Waals surface area contributed by atoms with E-state index in [9.17, 15) is 4.79 Å². The minimum Gasteiger partial charge on any atom is -0.496 e. The summed E-state index contributed by atoms with van der Waals surface area (Å²) in [5.41, 5.74) is 1.09. The quantitative estimate of drug-likeness (QED) is 0.782. The summed E-state index contributed by atoms with van der Waals surface area (Å²) in [6, 6.07) is 8.13. The van der Waals surface area contributed by atoms with Gasteiger partial charge in [-0.25, -0.2) is 0 Å². The summed E-state index contributed by atoms with van der Waals surface area (Å²) in [6.45, 7) is 4.05. The molecule has 1 aromatic carbocycles. The molecule has 1 rings (SSSR count). The number of para-hydroxylation sites is 1. The van der Waals surface area contributed by atoms with Gasteiger partial charge in [0, 0.05) is 24.1 Å². The Morgan fingerprint density at radius 1 is 1.39 bits per heavy atom. The molecule has 18 heavy (non-hydrogen) atoms. The second-order valence-electron chi connectivity index (χ2n) is 4.46. The summed E-state index contributed by atoms with van der Waals surface area (Å²) < 4.78 is 5.31. The third-order valence-electron chi connectivity index (χ3n) is 2.93. The van der Waals surface area contributed by atoms with Crippen LogP contribution in [-0.2, 0) is 4.79 Å². The average Bonchev–Trinajstić information content (AvgIpc) is 2.36. The zero-order valence-electron chi connectivity index (χ0n) is 11.1. The van der Waals surface area contributed by atoms with Crippen LogP contribution < -0.4 is 10.1 Å². The zero-order chi connectivity index (χ0) is 13.5. The first kappa shape index (κ1) is 14.5. The van der Waals surface area contributed by atoms with Crippen molar-refractivity contribution in [3.05, 3.63) is 29.8 Å². The molecule has 4 heteroatoms. The van der Waals surface area contributed by atoms with Gasteiger partial charge in [0.1, 0.15) is 5.75 Å². The number of benzene rings is 1. The molecular weight excluding hydrogens is 230 g/mol. The summed E-state index contributed by atoms with van der Waals surface area (Å²) in [4.78, 5) is 10.5. The number of aliphatic carboxylic acids is 1. The third-order valence-corrected chi connectivity index (χ3v) is 2.93. The maximum atomic E-state index is 10.5. The fourth-order valence-corrected chi connectivity index (χ4v) is 1.96. The molecule has 0 aromatic heterocycles. The Bertz CT molecular complexity index is 392. The SMILES string of the molecule is COc1ccccc1[C@H](C)NC(C)CCC(=O)O. The van der Waals surface area contributed by atoms with Crippen LogP contribution in [0.25, 0.3) is 0 Å². The fourth-order valence-electron chi connectivity index (χ4n) is 1.96. The molecule has 0 saturated heterocycles. The molecule has 4 nitrogen and oxygen atoms in total. The Morgan fingerprint density at radius 2 is 2.06 bits per heavy atom. The van der Waals surface area contributed by atoms with Crippen LogP contribution in [0.2, 0.25) is 0 Å². The lowest BCUT2D eigenvalue weighted by Crippen LogP contribution is -2.29. The van der Waals surface area contributed by atoms with Gasteiger partial charge in [-0.05, 0) is 26.3 Å². The van der Waals surface area contributed by atoms with Crippen LogP contribution in [0.15, 0.2) is 24.3 Å². The number of ether oxygens (including phenoxy) is 1. The molecule has 0 spiro atoms. The molecule has 0 aliphatic heterocycles. The minimum absolute atomic E-state index is 0.130. The van der Waals surface area contributed by atoms with Crippen molar-refractivity contribution in [3.8, 4) is 5.75 Å². The van der Waals surface area contributed by atoms with E-state index in [0.29, 0.717) is 6.42 Å². The Balaban J connectivity index is 2.58. The number of hydrogen-bond donors (Lipinski definition) is 2. The van der Waals surface area contributed by atoms with Crippen molar-refractivity contribution in [2.75, 3.05) is 7.11 Å². The molecule has 2 atom stereocenters. The van der Waals surface area contributed by atoms with Crippen molar-refractivity contribution in [2.45, 2.75) is 38.8 Å². The Hall–Kier alpha value is -1.55. The van der Waals surface area contributed by atoms with Gasteiger partial charge in [0.05, 0.1) is 7.11 Å². The van der Waals surface area contributed by atoms with Crippen molar-refractivity contribution in [1.29, 1.82) is 0 Å². The fraction of sp³-hybridized carbons (Fsp3) is 0.500. The van der Waals surface area contributed by atoms with E-state index in [-0.39, 0.29) is 18.5 Å². The highest BCUT2D eigenvalue weighted by Crippen LogP contribution is 2.24. The number of carbonyl (C=O) groups is 1. The number of rotatable bonds is 7. The highest BCUT2D eigenvalue weighted by molar-refractivity contribution is 5.66. The van der Waals surface area contributed by atoms with Gasteiger partial charge in [0.15, 0.2) is 0 Å². The van der Waals surface area contributed by atoms with Crippen molar-refractivity contribution < 1.29 is 14.6 Å². The molecule has 1 aromatic rings. The van der Waals surface area contributed by atoms with Crippen LogP contribution in [0.4, 0.5) is 0 Å². The number of carboxylic acids is 1. The van der Waals surface area contributed by atoms with E-state index in [1.54, 1.807) is 7.11 Å². The maximum Gasteiger partial charge on any atom is 0.303 e. The molecule has 0 bridgehead atoms. The van der Waals surface area contributed by atoms with E-state index in [1.165, 1.54) is 0 Å². The van der Waals surface area contributed by atoms with Crippen molar-refractivity contribution in [2.24, 2.45) is 0 Å². The second kappa shape index (κ2) is 7.01. The smallest absolute Gasteiger partial charge is 0.303 e. The number of hydrogen-bond acceptors (Lipinski definition) is 3. The first-order valence-corrected chi connectivity index (χ1v) is 6.15. The topological polar surface area (TPSA) is 58.6 Å². The number of carboxylic acid groups (broad SMARTS) is 1. The lowest BCUT2D eigenvalue weighted by atomic mass is 10.1. The predicted octanol–water partition coefficient (Wildman–Crippen LogP) is 2.60. The van der Waals surface area contributed by atoms with E-state index in [1.807, 2.05) is 31.2 Å². The van der Waals surface area contributed by atoms with Gasteiger partial charge in [-0.1, -0.05) is 18.2 Å². The van der Waals surface area contributed by atoms with Crippen LogP contribution in [-0.4, -0.2) is 24.2 Å². The predicted molar refractivity (Wildman–Crippen MR) is 70.9 cm³/mol. The Labute approximate surface area is 108 Å². The van der Waals surface area contributed by atoms with Gasteiger partial charge in [0.25, 0.3) is 0 Å². The summed E-state index contributed by atoms with van der Waals surface area (Å²) in [5, 5.41) is 12.0. The van der Waals surface area contributed by atoms with E-state index in [4.69, 9.17) is 9.84 Å². The van der Waals surface area contributed by atoms with Gasteiger partial charge in [0.2, 0.25) is 0 Å². The molecule has 0 fully saturated rings. The van der Waals surface area contributed by atoms with Crippen LogP contribution in [0.3, 0.4) is 0 Å². The van der Waals surface area contributed by atoms with Crippen LogP contribution >= 0.6 is 0 Å². The zero-order valence-corrected chi connectivity index (χ0v) is 11.1. The molecule has 0 amide bonds. The monoisotopic (exact) mass is 251 g/mol. The molecule has 0 heterocycles. The molecule has 0 radical (unpaired) electrons. The van der Waals surface area contributed by atoms with E-state index >= 15 is 0 Å². The molecule has 100 valence electrons. The Morgan fingerprint density at radius 3 is 2.67 bits per heavy atom. The maximum absolute atomic E-state index is 10.5. The second-order valence-corrected chi connectivity index (χ2v) is 4.46. The van der Waals surface area contributed by atoms with Gasteiger partial charge in [-0.2, -0.15) is 0 Å². The highest BCUT2D eigenvalue weighted by Gasteiger charge is 2.13. The van der Waals surface area contributed by atoms with Crippen molar-refractivity contribution >= 4 is 5.97 Å². The van der Waals surface area contributed by atoms with E-state index < -0.39 is 5.97 Å². The van der Waals surface area contributed by atoms with E-state index in [0.717, 1.165) is 11.3 Å². The van der Waals surface area contributed by atoms with Gasteiger partial charge < -0.3 is 15.2 Å². The summed E-state index contributed by atoms with van der Waals surface area (Å²) in [7, 11) is 1.65. The summed E-state index contributed by atoms with van der Waals surface area (Å²) in [5.74, 6) is 0.0940. The lowest BCUT2D eigenvalue weighted by Gasteiger charge is -2.21. The van der Waals surface area contributed by atoms with Crippen molar-refractivity contribution in [3.63, 3.8) is 0 Å². The molecule has 0 saturated carbocycles. The summed E-state index contributed by atoms with van der Waals surface area (Å²) in [6.07, 6.45) is 0.807. The number of nitrogens with one attached hydrogen (secondary N) is 1. The molecule has 0 aliphatic rings. The largest absolute Gasteiger partial charge is 0.496 e. The van der Waals surface area contributed by atoms with Gasteiger partial charge >= 0.3 is 5.97 Å². The minimum atomic E-state index is -0.756. The molecule has 2 N–H and O–H groups in total. The van der Waals surface area contributed by atoms with Crippen molar-refractivity contribution in [1.82, 2.24) is 5.32 Å². The molecular formula is C14H21NO3. The van der Waals surface area contributed by atoms with Gasteiger partial charge in [-0.15, -0.1) is 0 Å². The van der Waals surface area contributed by atoms with Crippen LogP contribution in [0.1, 0.15) is 38.3 Å². The molecule has 0 aliphatic carbocycles. The first-order chi connectivity index (χ1) is 8.54. The lowest BCUT2D eigenvalue weighted by molar-refractivity contribution is -0.137. The third kappa shape index (κ3) is 4.37. The van der Waals surface area contributed by atoms with E-state index in [2.05, 4.69) is 12.2 Å². The average molecular weight is 251 g/mol. The van der Waals surface area contributed by atoms with Crippen LogP contribution in [0, 0.1) is 0 Å². The summed E-state index contributed by atoms with van der Waals surface area (Å²) >= 11 is 0. The molecule has 1 unspecified atom stereocenters. The standard InChI is InChI=1S/C14H21NO3/c1-10(8-9-14(16)17)15-11(2)12-6-4-5-7-13(12)18-3/h4-7,10-11,15H,8-9H2,1-3H3,(H,16,17)/t10?,11-/m0/s1. The number of methoxy groups -OCH3 is 1. The first-order valence-electron chi connectivity index (χ1n) is 6.15. The Kier molecular flexibility index (Phi) is 5.65. The van der Waals surface area contributed by atoms with Gasteiger partial charge in [-0.3, -0.25) is 4.79 Å². The highest BCUT2D eigenvalue weighted by atomic mass is 16.5. The normalized spacial score (nSPS) is 13.9. The van der Waals surface area contributed by atoms with Crippen LogP contribution in [0.5, 0.6) is 5.75 Å².